The summed E-state index contributed by atoms with van der Waals surface area (Å²) >= 11 is 0. The van der Waals surface area contributed by atoms with Crippen LogP contribution in [0.3, 0.4) is 0 Å². The Bertz CT molecular complexity index is 471. The van der Waals surface area contributed by atoms with Crippen LogP contribution in [-0.4, -0.2) is 30.8 Å². The third-order valence-electron chi connectivity index (χ3n) is 3.78. The summed E-state index contributed by atoms with van der Waals surface area (Å²) in [5.41, 5.74) is 3.23. The van der Waals surface area contributed by atoms with Crippen molar-refractivity contribution < 1.29 is 4.79 Å². The fourth-order valence-corrected chi connectivity index (χ4v) is 2.24. The molecule has 0 aliphatic heterocycles. The van der Waals surface area contributed by atoms with Crippen molar-refractivity contribution in [2.75, 3.05) is 20.1 Å². The number of Topliss-reactive ketones (excluding diaryl/α,β-unsaturated/α-hetero) is 1. The molecule has 0 aliphatic rings. The highest BCUT2D eigenvalue weighted by molar-refractivity contribution is 5.94. The van der Waals surface area contributed by atoms with Crippen molar-refractivity contribution in [3.05, 3.63) is 41.5 Å². The Morgan fingerprint density at radius 3 is 2.24 bits per heavy atom. The van der Waals surface area contributed by atoms with E-state index >= 15 is 0 Å². The zero-order valence-electron chi connectivity index (χ0n) is 14.1. The van der Waals surface area contributed by atoms with Crippen LogP contribution in [0.15, 0.2) is 30.3 Å². The lowest BCUT2D eigenvalue weighted by Gasteiger charge is -2.15. The van der Waals surface area contributed by atoms with Gasteiger partial charge in [0.25, 0.3) is 0 Å². The molecular weight excluding hydrogens is 258 g/mol. The molecule has 1 rings (SSSR count). The molecule has 0 radical (unpaired) electrons. The highest BCUT2D eigenvalue weighted by Crippen LogP contribution is 2.15. The molecule has 0 atom stereocenters. The molecule has 2 nitrogen and oxygen atoms in total. The van der Waals surface area contributed by atoms with Crippen molar-refractivity contribution >= 4 is 11.4 Å². The van der Waals surface area contributed by atoms with Crippen LogP contribution in [-0.2, 0) is 0 Å². The number of ketones is 1. The molecule has 0 bridgehead atoms. The lowest BCUT2D eigenvalue weighted by molar-refractivity contribution is 0.101. The normalized spacial score (nSPS) is 12.2. The minimum absolute atomic E-state index is 0.119. The molecule has 2 heteroatoms. The van der Waals surface area contributed by atoms with E-state index in [1.807, 2.05) is 24.3 Å². The van der Waals surface area contributed by atoms with Crippen LogP contribution in [0, 0.1) is 5.92 Å². The number of likely N-dealkylation sites (N-methyl/N-ethyl adjacent to an activating group) is 1. The third kappa shape index (κ3) is 6.72. The predicted octanol–water partition coefficient (Wildman–Crippen LogP) is 4.66. The number of benzene rings is 1. The van der Waals surface area contributed by atoms with E-state index in [1.165, 1.54) is 24.0 Å². The van der Waals surface area contributed by atoms with Gasteiger partial charge in [0.05, 0.1) is 0 Å². The van der Waals surface area contributed by atoms with Crippen molar-refractivity contribution in [1.29, 1.82) is 0 Å². The molecule has 0 aliphatic carbocycles. The molecule has 0 spiro atoms. The first-order valence-electron chi connectivity index (χ1n) is 7.87. The number of rotatable bonds is 8. The Balaban J connectivity index is 2.50. The van der Waals surface area contributed by atoms with Gasteiger partial charge in [-0.25, -0.2) is 0 Å². The summed E-state index contributed by atoms with van der Waals surface area (Å²) < 4.78 is 0. The average molecular weight is 287 g/mol. The van der Waals surface area contributed by atoms with Gasteiger partial charge in [0.1, 0.15) is 0 Å². The number of carbonyl (C=O) groups excluding carboxylic acids is 1. The first-order valence-corrected chi connectivity index (χ1v) is 7.87. The van der Waals surface area contributed by atoms with E-state index in [9.17, 15) is 4.79 Å². The second-order valence-corrected chi connectivity index (χ2v) is 6.32. The summed E-state index contributed by atoms with van der Waals surface area (Å²) in [5, 5.41) is 0. The number of hydrogen-bond donors (Lipinski definition) is 0. The quantitative estimate of drug-likeness (QED) is 0.648. The fourth-order valence-electron chi connectivity index (χ4n) is 2.24. The van der Waals surface area contributed by atoms with Gasteiger partial charge in [-0.05, 0) is 57.3 Å². The van der Waals surface area contributed by atoms with Crippen LogP contribution in [0.1, 0.15) is 56.5 Å². The van der Waals surface area contributed by atoms with E-state index in [0.29, 0.717) is 0 Å². The van der Waals surface area contributed by atoms with Crippen molar-refractivity contribution in [3.63, 3.8) is 0 Å². The summed E-state index contributed by atoms with van der Waals surface area (Å²) in [6.45, 7) is 10.4. The van der Waals surface area contributed by atoms with E-state index in [0.717, 1.165) is 24.6 Å². The van der Waals surface area contributed by atoms with Gasteiger partial charge < -0.3 is 4.90 Å². The summed E-state index contributed by atoms with van der Waals surface area (Å²) in [4.78, 5) is 13.6. The number of nitrogens with zero attached hydrogens (tertiary/aromatic N) is 1. The molecule has 1 aromatic carbocycles. The smallest absolute Gasteiger partial charge is 0.159 e. The van der Waals surface area contributed by atoms with Gasteiger partial charge in [-0.3, -0.25) is 4.79 Å². The third-order valence-corrected chi connectivity index (χ3v) is 3.78. The lowest BCUT2D eigenvalue weighted by atomic mass is 10.0. The minimum atomic E-state index is 0.119. The second-order valence-electron chi connectivity index (χ2n) is 6.32. The second kappa shape index (κ2) is 8.78. The molecule has 0 N–H and O–H groups in total. The minimum Gasteiger partial charge on any atom is -0.303 e. The molecule has 0 unspecified atom stereocenters. The maximum atomic E-state index is 11.3. The molecule has 0 aromatic heterocycles. The zero-order chi connectivity index (χ0) is 15.8. The monoisotopic (exact) mass is 287 g/mol. The zero-order valence-corrected chi connectivity index (χ0v) is 14.1. The molecule has 21 heavy (non-hydrogen) atoms. The first kappa shape index (κ1) is 17.6. The Labute approximate surface area is 129 Å². The molecule has 0 saturated heterocycles. The van der Waals surface area contributed by atoms with Crippen LogP contribution >= 0.6 is 0 Å². The van der Waals surface area contributed by atoms with Gasteiger partial charge >= 0.3 is 0 Å². The summed E-state index contributed by atoms with van der Waals surface area (Å²) in [7, 11) is 2.17. The molecule has 1 aromatic rings. The Morgan fingerprint density at radius 1 is 1.14 bits per heavy atom. The SMILES string of the molecule is CC(=O)c1ccc(/C(C)=C/CN(C)CCCC(C)C)cc1. The number of carbonyl (C=O) groups is 1. The van der Waals surface area contributed by atoms with Crippen molar-refractivity contribution in [1.82, 2.24) is 4.90 Å². The maximum Gasteiger partial charge on any atom is 0.159 e. The van der Waals surface area contributed by atoms with E-state index in [-0.39, 0.29) is 5.78 Å². The molecular formula is C19H29NO. The Morgan fingerprint density at radius 2 is 1.71 bits per heavy atom. The van der Waals surface area contributed by atoms with E-state index in [2.05, 4.69) is 38.8 Å². The van der Waals surface area contributed by atoms with Crippen LogP contribution in [0.2, 0.25) is 0 Å². The highest BCUT2D eigenvalue weighted by atomic mass is 16.1. The van der Waals surface area contributed by atoms with Gasteiger partial charge in [0, 0.05) is 12.1 Å². The van der Waals surface area contributed by atoms with E-state index < -0.39 is 0 Å². The fraction of sp³-hybridized carbons (Fsp3) is 0.526. The predicted molar refractivity (Wildman–Crippen MR) is 91.7 cm³/mol. The number of hydrogen-bond acceptors (Lipinski definition) is 2. The molecule has 0 saturated carbocycles. The van der Waals surface area contributed by atoms with Gasteiger partial charge in [-0.2, -0.15) is 0 Å². The standard InChI is InChI=1S/C19H29NO/c1-15(2)7-6-13-20(5)14-12-16(3)18-8-10-19(11-9-18)17(4)21/h8-12,15H,6-7,13-14H2,1-5H3/b16-12+. The number of allylic oxidation sites excluding steroid dienone is 1. The van der Waals surface area contributed by atoms with Gasteiger partial charge in [0.15, 0.2) is 5.78 Å². The van der Waals surface area contributed by atoms with Crippen LogP contribution in [0.25, 0.3) is 5.57 Å². The van der Waals surface area contributed by atoms with Crippen molar-refractivity contribution in [3.8, 4) is 0 Å². The topological polar surface area (TPSA) is 20.3 Å². The van der Waals surface area contributed by atoms with Gasteiger partial charge in [-0.1, -0.05) is 44.2 Å². The van der Waals surface area contributed by atoms with Crippen LogP contribution < -0.4 is 0 Å². The van der Waals surface area contributed by atoms with Gasteiger partial charge in [-0.15, -0.1) is 0 Å². The van der Waals surface area contributed by atoms with Crippen molar-refractivity contribution in [2.24, 2.45) is 5.92 Å². The maximum absolute atomic E-state index is 11.3. The summed E-state index contributed by atoms with van der Waals surface area (Å²) in [5.74, 6) is 0.906. The Kier molecular flexibility index (Phi) is 7.38. The summed E-state index contributed by atoms with van der Waals surface area (Å²) in [6, 6.07) is 7.87. The lowest BCUT2D eigenvalue weighted by Crippen LogP contribution is -2.20. The first-order chi connectivity index (χ1) is 9.90. The molecule has 116 valence electrons. The van der Waals surface area contributed by atoms with Crippen LogP contribution in [0.5, 0.6) is 0 Å². The van der Waals surface area contributed by atoms with Gasteiger partial charge in [0.2, 0.25) is 0 Å². The highest BCUT2D eigenvalue weighted by Gasteiger charge is 2.02. The summed E-state index contributed by atoms with van der Waals surface area (Å²) in [6.07, 6.45) is 4.81. The molecule has 0 amide bonds. The largest absolute Gasteiger partial charge is 0.303 e. The van der Waals surface area contributed by atoms with E-state index in [4.69, 9.17) is 0 Å². The van der Waals surface area contributed by atoms with Crippen molar-refractivity contribution in [2.45, 2.75) is 40.5 Å². The average Bonchev–Trinajstić information content (AvgIpc) is 2.44. The Hall–Kier alpha value is -1.41. The van der Waals surface area contributed by atoms with Crippen LogP contribution in [0.4, 0.5) is 0 Å². The molecule has 0 fully saturated rings. The van der Waals surface area contributed by atoms with E-state index in [1.54, 1.807) is 6.92 Å². The molecule has 0 heterocycles.